The molecule has 2 heteroatoms. The van der Waals surface area contributed by atoms with Crippen LogP contribution in [0.3, 0.4) is 0 Å². The van der Waals surface area contributed by atoms with Crippen LogP contribution in [0, 0.1) is 5.92 Å². The topological polar surface area (TPSA) is 29.3 Å². The predicted molar refractivity (Wildman–Crippen MR) is 74.4 cm³/mol. The van der Waals surface area contributed by atoms with Gasteiger partial charge in [0.1, 0.15) is 0 Å². The minimum absolute atomic E-state index is 0.0738. The summed E-state index contributed by atoms with van der Waals surface area (Å²) in [5.74, 6) is 0.741. The molecule has 0 spiro atoms. The summed E-state index contributed by atoms with van der Waals surface area (Å²) >= 11 is 0. The van der Waals surface area contributed by atoms with E-state index in [0.29, 0.717) is 0 Å². The van der Waals surface area contributed by atoms with Crippen LogP contribution in [0.1, 0.15) is 32.8 Å². The molecule has 1 heterocycles. The lowest BCUT2D eigenvalue weighted by atomic mass is 9.93. The molecule has 1 aromatic rings. The number of hydrogen-bond donors (Lipinski definition) is 1. The van der Waals surface area contributed by atoms with Crippen molar-refractivity contribution in [3.05, 3.63) is 29.8 Å². The second-order valence-corrected chi connectivity index (χ2v) is 6.12. The highest BCUT2D eigenvalue weighted by Gasteiger charge is 2.22. The highest BCUT2D eigenvalue weighted by molar-refractivity contribution is 5.55. The molecular formula is C15H24N2. The summed E-state index contributed by atoms with van der Waals surface area (Å²) in [4.78, 5) is 2.50. The van der Waals surface area contributed by atoms with Crippen molar-refractivity contribution < 1.29 is 0 Å². The molecule has 1 atom stereocenters. The first kappa shape index (κ1) is 12.4. The molecule has 0 saturated carbocycles. The van der Waals surface area contributed by atoms with Gasteiger partial charge in [-0.25, -0.2) is 0 Å². The van der Waals surface area contributed by atoms with Gasteiger partial charge in [0.2, 0.25) is 0 Å². The Bertz CT molecular complexity index is 379. The van der Waals surface area contributed by atoms with E-state index in [2.05, 4.69) is 49.9 Å². The van der Waals surface area contributed by atoms with E-state index >= 15 is 0 Å². The Balaban J connectivity index is 2.13. The van der Waals surface area contributed by atoms with Gasteiger partial charge in [0, 0.05) is 24.3 Å². The van der Waals surface area contributed by atoms with Gasteiger partial charge in [0.25, 0.3) is 0 Å². The predicted octanol–water partition coefficient (Wildman–Crippen LogP) is 2.81. The fourth-order valence-electron chi connectivity index (χ4n) is 2.54. The van der Waals surface area contributed by atoms with Crippen LogP contribution in [-0.2, 0) is 6.42 Å². The zero-order valence-electron chi connectivity index (χ0n) is 11.2. The molecule has 0 amide bonds. The van der Waals surface area contributed by atoms with Crippen molar-refractivity contribution in [1.29, 1.82) is 0 Å². The lowest BCUT2D eigenvalue weighted by Crippen LogP contribution is -2.41. The van der Waals surface area contributed by atoms with E-state index in [4.69, 9.17) is 5.73 Å². The zero-order valence-corrected chi connectivity index (χ0v) is 11.2. The highest BCUT2D eigenvalue weighted by Crippen LogP contribution is 2.29. The van der Waals surface area contributed by atoms with Gasteiger partial charge in [-0.15, -0.1) is 0 Å². The third-order valence-corrected chi connectivity index (χ3v) is 3.46. The summed E-state index contributed by atoms with van der Waals surface area (Å²) in [7, 11) is 0. The molecular weight excluding hydrogens is 208 g/mol. The first-order valence-corrected chi connectivity index (χ1v) is 6.57. The van der Waals surface area contributed by atoms with E-state index in [-0.39, 0.29) is 5.54 Å². The Labute approximate surface area is 105 Å². The van der Waals surface area contributed by atoms with Gasteiger partial charge in [-0.05, 0) is 44.2 Å². The average molecular weight is 232 g/mol. The standard InChI is InChI=1S/C15H24N2/c1-12-10-13-6-4-5-7-14(13)17(11-12)9-8-15(2,3)16/h4-7,12H,8-11,16H2,1-3H3. The molecule has 94 valence electrons. The van der Waals surface area contributed by atoms with E-state index < -0.39 is 0 Å². The van der Waals surface area contributed by atoms with Gasteiger partial charge in [-0.1, -0.05) is 25.1 Å². The second-order valence-electron chi connectivity index (χ2n) is 6.12. The fraction of sp³-hybridized carbons (Fsp3) is 0.600. The summed E-state index contributed by atoms with van der Waals surface area (Å²) in [5, 5.41) is 0. The summed E-state index contributed by atoms with van der Waals surface area (Å²) in [6.07, 6.45) is 2.24. The Hall–Kier alpha value is -1.02. The van der Waals surface area contributed by atoms with Gasteiger partial charge < -0.3 is 10.6 Å². The summed E-state index contributed by atoms with van der Waals surface area (Å²) in [5.41, 5.74) is 8.91. The molecule has 0 aromatic heterocycles. The number of nitrogens with two attached hydrogens (primary N) is 1. The first-order valence-electron chi connectivity index (χ1n) is 6.57. The minimum Gasteiger partial charge on any atom is -0.371 e. The molecule has 1 aromatic carbocycles. The van der Waals surface area contributed by atoms with E-state index in [9.17, 15) is 0 Å². The lowest BCUT2D eigenvalue weighted by molar-refractivity contribution is 0.452. The monoisotopic (exact) mass is 232 g/mol. The van der Waals surface area contributed by atoms with Crippen LogP contribution < -0.4 is 10.6 Å². The van der Waals surface area contributed by atoms with Crippen LogP contribution in [0.5, 0.6) is 0 Å². The maximum Gasteiger partial charge on any atom is 0.0398 e. The Morgan fingerprint density at radius 2 is 2.06 bits per heavy atom. The SMILES string of the molecule is CC1Cc2ccccc2N(CCC(C)(C)N)C1. The highest BCUT2D eigenvalue weighted by atomic mass is 15.1. The molecule has 2 N–H and O–H groups in total. The molecule has 0 radical (unpaired) electrons. The van der Waals surface area contributed by atoms with Crippen LogP contribution in [0.25, 0.3) is 0 Å². The smallest absolute Gasteiger partial charge is 0.0398 e. The lowest BCUT2D eigenvalue weighted by Gasteiger charge is -2.36. The molecule has 2 nitrogen and oxygen atoms in total. The Morgan fingerprint density at radius 3 is 2.76 bits per heavy atom. The van der Waals surface area contributed by atoms with Crippen LogP contribution >= 0.6 is 0 Å². The number of fused-ring (bicyclic) bond motifs is 1. The Morgan fingerprint density at radius 1 is 1.35 bits per heavy atom. The third-order valence-electron chi connectivity index (χ3n) is 3.46. The number of rotatable bonds is 3. The van der Waals surface area contributed by atoms with Crippen molar-refractivity contribution in [2.75, 3.05) is 18.0 Å². The molecule has 1 aliphatic rings. The molecule has 0 bridgehead atoms. The normalized spacial score (nSPS) is 20.2. The summed E-state index contributed by atoms with van der Waals surface area (Å²) < 4.78 is 0. The van der Waals surface area contributed by atoms with Crippen molar-refractivity contribution >= 4 is 5.69 Å². The van der Waals surface area contributed by atoms with E-state index in [0.717, 1.165) is 25.4 Å². The van der Waals surface area contributed by atoms with Crippen molar-refractivity contribution in [2.24, 2.45) is 11.7 Å². The van der Waals surface area contributed by atoms with Gasteiger partial charge in [-0.2, -0.15) is 0 Å². The minimum atomic E-state index is -0.0738. The number of anilines is 1. The summed E-state index contributed by atoms with van der Waals surface area (Å²) in [6.45, 7) is 8.76. The molecule has 1 aliphatic heterocycles. The summed E-state index contributed by atoms with van der Waals surface area (Å²) in [6, 6.07) is 8.77. The van der Waals surface area contributed by atoms with Gasteiger partial charge in [0.05, 0.1) is 0 Å². The zero-order chi connectivity index (χ0) is 12.5. The number of para-hydroxylation sites is 1. The number of hydrogen-bond acceptors (Lipinski definition) is 2. The van der Waals surface area contributed by atoms with E-state index in [1.807, 2.05) is 0 Å². The molecule has 1 unspecified atom stereocenters. The number of nitrogens with zero attached hydrogens (tertiary/aromatic N) is 1. The number of benzene rings is 1. The van der Waals surface area contributed by atoms with Gasteiger partial charge in [0.15, 0.2) is 0 Å². The van der Waals surface area contributed by atoms with Crippen molar-refractivity contribution in [2.45, 2.75) is 39.2 Å². The molecule has 0 saturated heterocycles. The average Bonchev–Trinajstić information content (AvgIpc) is 2.24. The van der Waals surface area contributed by atoms with E-state index in [1.54, 1.807) is 0 Å². The van der Waals surface area contributed by atoms with Crippen LogP contribution in [0.4, 0.5) is 5.69 Å². The van der Waals surface area contributed by atoms with E-state index in [1.165, 1.54) is 17.7 Å². The van der Waals surface area contributed by atoms with Crippen molar-refractivity contribution in [3.8, 4) is 0 Å². The maximum atomic E-state index is 6.08. The van der Waals surface area contributed by atoms with Gasteiger partial charge >= 0.3 is 0 Å². The molecule has 17 heavy (non-hydrogen) atoms. The van der Waals surface area contributed by atoms with Gasteiger partial charge in [-0.3, -0.25) is 0 Å². The second kappa shape index (κ2) is 4.69. The quantitative estimate of drug-likeness (QED) is 0.868. The largest absolute Gasteiger partial charge is 0.371 e. The Kier molecular flexibility index (Phi) is 3.43. The van der Waals surface area contributed by atoms with Crippen molar-refractivity contribution in [3.63, 3.8) is 0 Å². The maximum absolute atomic E-state index is 6.08. The third kappa shape index (κ3) is 3.22. The fourth-order valence-corrected chi connectivity index (χ4v) is 2.54. The molecule has 0 aliphatic carbocycles. The van der Waals surface area contributed by atoms with Crippen LogP contribution in [0.15, 0.2) is 24.3 Å². The molecule has 2 rings (SSSR count). The van der Waals surface area contributed by atoms with Crippen molar-refractivity contribution in [1.82, 2.24) is 0 Å². The van der Waals surface area contributed by atoms with Crippen LogP contribution in [-0.4, -0.2) is 18.6 Å². The van der Waals surface area contributed by atoms with Crippen LogP contribution in [0.2, 0.25) is 0 Å². The first-order chi connectivity index (χ1) is 7.96. The molecule has 0 fully saturated rings.